The molecule has 3 heteroatoms. The van der Waals surface area contributed by atoms with Crippen molar-refractivity contribution in [1.82, 2.24) is 0 Å². The van der Waals surface area contributed by atoms with Crippen LogP contribution in [0.25, 0.3) is 0 Å². The normalized spacial score (nSPS) is 11.5. The lowest BCUT2D eigenvalue weighted by Gasteiger charge is -2.30. The van der Waals surface area contributed by atoms with Crippen molar-refractivity contribution in [2.45, 2.75) is 11.8 Å². The largest absolute Gasteiger partial charge is 0.395 e. The van der Waals surface area contributed by atoms with Crippen molar-refractivity contribution < 1.29 is 10.2 Å². The van der Waals surface area contributed by atoms with Gasteiger partial charge in [0.25, 0.3) is 0 Å². The molecule has 0 fully saturated rings. The number of halogens is 1. The van der Waals surface area contributed by atoms with Crippen LogP contribution >= 0.6 is 15.9 Å². The van der Waals surface area contributed by atoms with Crippen molar-refractivity contribution in [1.29, 1.82) is 0 Å². The quantitative estimate of drug-likeness (QED) is 0.889. The fraction of sp³-hybridized carbons (Fsp3) is 0.250. The molecule has 0 aliphatic heterocycles. The summed E-state index contributed by atoms with van der Waals surface area (Å²) in [5.74, 6) is 0. The molecular formula is C16H17BrO2. The number of hydrogen-bond donors (Lipinski definition) is 2. The van der Waals surface area contributed by atoms with E-state index in [1.165, 1.54) is 0 Å². The zero-order valence-corrected chi connectivity index (χ0v) is 12.2. The fourth-order valence-electron chi connectivity index (χ4n) is 2.25. The van der Waals surface area contributed by atoms with Crippen molar-refractivity contribution in [3.05, 3.63) is 70.2 Å². The summed E-state index contributed by atoms with van der Waals surface area (Å²) in [5, 5.41) is 19.6. The molecule has 0 radical (unpaired) electrons. The van der Waals surface area contributed by atoms with Crippen molar-refractivity contribution in [2.75, 3.05) is 13.2 Å². The second-order valence-electron chi connectivity index (χ2n) is 4.77. The van der Waals surface area contributed by atoms with E-state index in [1.54, 1.807) is 0 Å². The summed E-state index contributed by atoms with van der Waals surface area (Å²) >= 11 is 3.44. The first-order valence-electron chi connectivity index (χ1n) is 6.22. The van der Waals surface area contributed by atoms with Crippen LogP contribution in [0.2, 0.25) is 0 Å². The maximum atomic E-state index is 9.81. The van der Waals surface area contributed by atoms with Crippen LogP contribution < -0.4 is 0 Å². The van der Waals surface area contributed by atoms with Gasteiger partial charge in [-0.05, 0) is 29.7 Å². The summed E-state index contributed by atoms with van der Waals surface area (Å²) in [6.07, 6.45) is 0.608. The Morgan fingerprint density at radius 2 is 1.58 bits per heavy atom. The molecule has 0 heterocycles. The Morgan fingerprint density at radius 1 is 0.895 bits per heavy atom. The Balaban J connectivity index is 2.37. The molecule has 19 heavy (non-hydrogen) atoms. The fourth-order valence-corrected chi connectivity index (χ4v) is 2.65. The monoisotopic (exact) mass is 320 g/mol. The Labute approximate surface area is 121 Å². The Morgan fingerprint density at radius 3 is 2.16 bits per heavy atom. The van der Waals surface area contributed by atoms with Gasteiger partial charge < -0.3 is 10.2 Å². The molecule has 2 aromatic rings. The highest BCUT2D eigenvalue weighted by molar-refractivity contribution is 9.10. The molecule has 2 rings (SSSR count). The highest BCUT2D eigenvalue weighted by Gasteiger charge is 2.31. The summed E-state index contributed by atoms with van der Waals surface area (Å²) in [7, 11) is 0. The Bertz CT molecular complexity index is 521. The van der Waals surface area contributed by atoms with Gasteiger partial charge in [0.1, 0.15) is 0 Å². The van der Waals surface area contributed by atoms with Gasteiger partial charge in [0.05, 0.1) is 13.2 Å². The Kier molecular flexibility index (Phi) is 4.75. The predicted molar refractivity (Wildman–Crippen MR) is 80.1 cm³/mol. The van der Waals surface area contributed by atoms with E-state index in [-0.39, 0.29) is 13.2 Å². The topological polar surface area (TPSA) is 40.5 Å². The zero-order valence-electron chi connectivity index (χ0n) is 10.6. The molecule has 2 N–H and O–H groups in total. The van der Waals surface area contributed by atoms with Gasteiger partial charge in [0.15, 0.2) is 0 Å². The van der Waals surface area contributed by atoms with Gasteiger partial charge in [-0.15, -0.1) is 0 Å². The molecular weight excluding hydrogens is 304 g/mol. The van der Waals surface area contributed by atoms with Crippen LogP contribution in [-0.2, 0) is 11.8 Å². The van der Waals surface area contributed by atoms with Crippen LogP contribution in [0.1, 0.15) is 11.1 Å². The summed E-state index contributed by atoms with van der Waals surface area (Å²) in [6.45, 7) is -0.177. The lowest BCUT2D eigenvalue weighted by Crippen LogP contribution is -2.37. The maximum absolute atomic E-state index is 9.81. The minimum Gasteiger partial charge on any atom is -0.395 e. The molecule has 2 aromatic carbocycles. The summed E-state index contributed by atoms with van der Waals surface area (Å²) < 4.78 is 0.948. The number of aliphatic hydroxyl groups excluding tert-OH is 2. The highest BCUT2D eigenvalue weighted by Crippen LogP contribution is 2.29. The van der Waals surface area contributed by atoms with Crippen molar-refractivity contribution in [2.24, 2.45) is 0 Å². The van der Waals surface area contributed by atoms with Gasteiger partial charge in [-0.1, -0.05) is 58.4 Å². The van der Waals surface area contributed by atoms with Crippen molar-refractivity contribution >= 4 is 15.9 Å². The molecule has 0 amide bonds. The molecule has 0 aromatic heterocycles. The third-order valence-corrected chi connectivity index (χ3v) is 3.92. The number of benzene rings is 2. The molecule has 0 aliphatic rings. The van der Waals surface area contributed by atoms with Gasteiger partial charge in [0, 0.05) is 9.89 Å². The average molecular weight is 321 g/mol. The van der Waals surface area contributed by atoms with Crippen LogP contribution in [0.4, 0.5) is 0 Å². The molecule has 0 saturated heterocycles. The van der Waals surface area contributed by atoms with E-state index < -0.39 is 5.41 Å². The summed E-state index contributed by atoms with van der Waals surface area (Å²) in [5.41, 5.74) is 1.40. The summed E-state index contributed by atoms with van der Waals surface area (Å²) in [6, 6.07) is 17.7. The number of aliphatic hydroxyl groups is 2. The molecule has 0 atom stereocenters. The first kappa shape index (κ1) is 14.3. The van der Waals surface area contributed by atoms with Gasteiger partial charge in [0.2, 0.25) is 0 Å². The van der Waals surface area contributed by atoms with E-state index in [9.17, 15) is 10.2 Å². The van der Waals surface area contributed by atoms with Crippen LogP contribution in [0, 0.1) is 0 Å². The SMILES string of the molecule is OCC(CO)(Cc1ccccc1)c1cccc(Br)c1. The number of rotatable bonds is 5. The molecule has 0 unspecified atom stereocenters. The second kappa shape index (κ2) is 6.33. The van der Waals surface area contributed by atoms with Crippen LogP contribution in [-0.4, -0.2) is 23.4 Å². The van der Waals surface area contributed by atoms with E-state index in [0.717, 1.165) is 15.6 Å². The predicted octanol–water partition coefficient (Wildman–Crippen LogP) is 2.91. The first-order chi connectivity index (χ1) is 9.20. The second-order valence-corrected chi connectivity index (χ2v) is 5.68. The van der Waals surface area contributed by atoms with E-state index >= 15 is 0 Å². The molecule has 2 nitrogen and oxygen atoms in total. The summed E-state index contributed by atoms with van der Waals surface area (Å²) in [4.78, 5) is 0. The molecule has 100 valence electrons. The number of hydrogen-bond acceptors (Lipinski definition) is 2. The third kappa shape index (κ3) is 3.24. The lowest BCUT2D eigenvalue weighted by atomic mass is 9.77. The molecule has 0 bridgehead atoms. The van der Waals surface area contributed by atoms with Gasteiger partial charge >= 0.3 is 0 Å². The van der Waals surface area contributed by atoms with Gasteiger partial charge in [-0.25, -0.2) is 0 Å². The smallest absolute Gasteiger partial charge is 0.0553 e. The van der Waals surface area contributed by atoms with Crippen molar-refractivity contribution in [3.8, 4) is 0 Å². The van der Waals surface area contributed by atoms with E-state index in [0.29, 0.717) is 6.42 Å². The standard InChI is InChI=1S/C16H17BrO2/c17-15-8-4-7-14(9-15)16(11-18,12-19)10-13-5-2-1-3-6-13/h1-9,18-19H,10-12H2. The molecule has 0 spiro atoms. The minimum absolute atomic E-state index is 0.0884. The van der Waals surface area contributed by atoms with Crippen molar-refractivity contribution in [3.63, 3.8) is 0 Å². The first-order valence-corrected chi connectivity index (χ1v) is 7.01. The average Bonchev–Trinajstić information content (AvgIpc) is 2.46. The minimum atomic E-state index is -0.648. The van der Waals surface area contributed by atoms with Crippen LogP contribution in [0.15, 0.2) is 59.1 Å². The van der Waals surface area contributed by atoms with E-state index in [1.807, 2.05) is 54.6 Å². The maximum Gasteiger partial charge on any atom is 0.0553 e. The Hall–Kier alpha value is -1.16. The zero-order chi connectivity index (χ0) is 13.7. The van der Waals surface area contributed by atoms with Crippen LogP contribution in [0.5, 0.6) is 0 Å². The lowest BCUT2D eigenvalue weighted by molar-refractivity contribution is 0.116. The third-order valence-electron chi connectivity index (χ3n) is 3.43. The molecule has 0 saturated carbocycles. The van der Waals surface area contributed by atoms with E-state index in [2.05, 4.69) is 15.9 Å². The van der Waals surface area contributed by atoms with E-state index in [4.69, 9.17) is 0 Å². The van der Waals surface area contributed by atoms with Crippen LogP contribution in [0.3, 0.4) is 0 Å². The van der Waals surface area contributed by atoms with Gasteiger partial charge in [-0.3, -0.25) is 0 Å². The molecule has 0 aliphatic carbocycles. The highest BCUT2D eigenvalue weighted by atomic mass is 79.9. The van der Waals surface area contributed by atoms with Gasteiger partial charge in [-0.2, -0.15) is 0 Å².